The Morgan fingerprint density at radius 3 is 2.76 bits per heavy atom. The molecule has 0 unspecified atom stereocenters. The van der Waals surface area contributed by atoms with E-state index in [1.165, 1.54) is 13.2 Å². The lowest BCUT2D eigenvalue weighted by Crippen LogP contribution is -2.05. The third-order valence-electron chi connectivity index (χ3n) is 3.43. The van der Waals surface area contributed by atoms with E-state index in [9.17, 15) is 9.50 Å². The van der Waals surface area contributed by atoms with Gasteiger partial charge >= 0.3 is 0 Å². The van der Waals surface area contributed by atoms with E-state index in [4.69, 9.17) is 4.74 Å². The van der Waals surface area contributed by atoms with Gasteiger partial charge in [0, 0.05) is 6.54 Å². The fourth-order valence-corrected chi connectivity index (χ4v) is 2.41. The first-order valence-corrected chi connectivity index (χ1v) is 6.60. The molecule has 0 amide bonds. The highest BCUT2D eigenvalue weighted by Crippen LogP contribution is 2.21. The van der Waals surface area contributed by atoms with Crippen LogP contribution >= 0.6 is 0 Å². The second-order valence-electron chi connectivity index (χ2n) is 4.73. The van der Waals surface area contributed by atoms with Crippen LogP contribution in [0.1, 0.15) is 11.4 Å². The van der Waals surface area contributed by atoms with Gasteiger partial charge < -0.3 is 14.4 Å². The van der Waals surface area contributed by atoms with E-state index >= 15 is 0 Å². The van der Waals surface area contributed by atoms with E-state index in [1.54, 1.807) is 12.1 Å². The highest BCUT2D eigenvalue weighted by Gasteiger charge is 2.11. The number of aliphatic hydroxyl groups is 1. The summed E-state index contributed by atoms with van der Waals surface area (Å²) in [5.74, 6) is 0.383. The molecule has 0 radical (unpaired) electrons. The zero-order valence-corrected chi connectivity index (χ0v) is 11.6. The van der Waals surface area contributed by atoms with E-state index in [2.05, 4.69) is 4.98 Å². The Morgan fingerprint density at radius 1 is 1.24 bits per heavy atom. The van der Waals surface area contributed by atoms with Crippen LogP contribution in [0, 0.1) is 5.82 Å². The molecule has 1 N–H and O–H groups in total. The largest absolute Gasteiger partial charge is 0.494 e. The van der Waals surface area contributed by atoms with Gasteiger partial charge in [-0.2, -0.15) is 0 Å². The molecular formula is C16H15FN2O2. The lowest BCUT2D eigenvalue weighted by molar-refractivity contribution is 0.267. The van der Waals surface area contributed by atoms with Crippen molar-refractivity contribution in [3.05, 3.63) is 59.7 Å². The summed E-state index contributed by atoms with van der Waals surface area (Å²) in [6, 6.07) is 12.5. The molecular weight excluding hydrogens is 271 g/mol. The van der Waals surface area contributed by atoms with Crippen molar-refractivity contribution in [2.75, 3.05) is 7.11 Å². The Morgan fingerprint density at radius 2 is 2.05 bits per heavy atom. The predicted octanol–water partition coefficient (Wildman–Crippen LogP) is 2.72. The number of hydrogen-bond acceptors (Lipinski definition) is 3. The molecule has 0 spiro atoms. The second-order valence-corrected chi connectivity index (χ2v) is 4.73. The van der Waals surface area contributed by atoms with E-state index in [0.29, 0.717) is 12.4 Å². The first-order valence-electron chi connectivity index (χ1n) is 6.60. The van der Waals surface area contributed by atoms with E-state index in [-0.39, 0.29) is 12.4 Å². The summed E-state index contributed by atoms with van der Waals surface area (Å²) in [6.07, 6.45) is 0. The molecule has 0 atom stereocenters. The second kappa shape index (κ2) is 5.54. The Bertz CT molecular complexity index is 783. The van der Waals surface area contributed by atoms with Crippen molar-refractivity contribution in [2.45, 2.75) is 13.2 Å². The van der Waals surface area contributed by atoms with Crippen LogP contribution in [0.15, 0.2) is 42.5 Å². The zero-order chi connectivity index (χ0) is 14.8. The number of aromatic nitrogens is 2. The van der Waals surface area contributed by atoms with E-state index in [0.717, 1.165) is 16.6 Å². The molecule has 21 heavy (non-hydrogen) atoms. The van der Waals surface area contributed by atoms with Crippen LogP contribution in [0.3, 0.4) is 0 Å². The summed E-state index contributed by atoms with van der Waals surface area (Å²) in [6.45, 7) is 0.282. The number of para-hydroxylation sites is 2. The normalized spacial score (nSPS) is 11.0. The van der Waals surface area contributed by atoms with Crippen molar-refractivity contribution in [1.82, 2.24) is 9.55 Å². The first-order chi connectivity index (χ1) is 10.2. The first kappa shape index (κ1) is 13.6. The van der Waals surface area contributed by atoms with Crippen LogP contribution in [0.25, 0.3) is 11.0 Å². The smallest absolute Gasteiger partial charge is 0.165 e. The quantitative estimate of drug-likeness (QED) is 0.802. The van der Waals surface area contributed by atoms with Gasteiger partial charge in [-0.15, -0.1) is 0 Å². The van der Waals surface area contributed by atoms with Gasteiger partial charge in [0.1, 0.15) is 12.4 Å². The molecule has 2 aromatic carbocycles. The predicted molar refractivity (Wildman–Crippen MR) is 77.7 cm³/mol. The SMILES string of the molecule is COc1ccc(Cn2c(CO)nc3ccccc32)cc1F. The van der Waals surface area contributed by atoms with E-state index in [1.807, 2.05) is 28.8 Å². The van der Waals surface area contributed by atoms with Crippen molar-refractivity contribution in [2.24, 2.45) is 0 Å². The molecule has 3 rings (SSSR count). The lowest BCUT2D eigenvalue weighted by atomic mass is 10.2. The summed E-state index contributed by atoms with van der Waals surface area (Å²) in [5.41, 5.74) is 2.51. The van der Waals surface area contributed by atoms with Crippen LogP contribution in [0.5, 0.6) is 5.75 Å². The minimum absolute atomic E-state index is 0.159. The molecule has 1 heterocycles. The lowest BCUT2D eigenvalue weighted by Gasteiger charge is -2.09. The van der Waals surface area contributed by atoms with Crippen molar-refractivity contribution in [1.29, 1.82) is 0 Å². The summed E-state index contributed by atoms with van der Waals surface area (Å²) in [7, 11) is 1.44. The van der Waals surface area contributed by atoms with Gasteiger partial charge in [0.2, 0.25) is 0 Å². The molecule has 3 aromatic rings. The third-order valence-corrected chi connectivity index (χ3v) is 3.43. The molecule has 0 aliphatic heterocycles. The number of hydrogen-bond donors (Lipinski definition) is 1. The molecule has 0 saturated carbocycles. The number of methoxy groups -OCH3 is 1. The van der Waals surface area contributed by atoms with Crippen LogP contribution in [0.2, 0.25) is 0 Å². The Balaban J connectivity index is 2.03. The van der Waals surface area contributed by atoms with Crippen molar-refractivity contribution >= 4 is 11.0 Å². The Hall–Kier alpha value is -2.40. The molecule has 0 aliphatic carbocycles. The number of benzene rings is 2. The summed E-state index contributed by atoms with van der Waals surface area (Å²) in [4.78, 5) is 4.38. The molecule has 4 nitrogen and oxygen atoms in total. The molecule has 0 fully saturated rings. The summed E-state index contributed by atoms with van der Waals surface area (Å²) >= 11 is 0. The maximum absolute atomic E-state index is 13.8. The summed E-state index contributed by atoms with van der Waals surface area (Å²) in [5, 5.41) is 9.46. The van der Waals surface area contributed by atoms with Crippen LogP contribution in [-0.2, 0) is 13.2 Å². The van der Waals surface area contributed by atoms with Crippen LogP contribution in [-0.4, -0.2) is 21.8 Å². The molecule has 0 saturated heterocycles. The Labute approximate surface area is 121 Å². The van der Waals surface area contributed by atoms with Crippen LogP contribution < -0.4 is 4.74 Å². The number of imidazole rings is 1. The summed E-state index contributed by atoms with van der Waals surface area (Å²) < 4.78 is 20.6. The van der Waals surface area contributed by atoms with Crippen LogP contribution in [0.4, 0.5) is 4.39 Å². The van der Waals surface area contributed by atoms with Crippen molar-refractivity contribution < 1.29 is 14.2 Å². The third kappa shape index (κ3) is 2.48. The number of ether oxygens (including phenoxy) is 1. The number of nitrogens with zero attached hydrogens (tertiary/aromatic N) is 2. The number of halogens is 1. The number of fused-ring (bicyclic) bond motifs is 1. The van der Waals surface area contributed by atoms with E-state index < -0.39 is 5.82 Å². The van der Waals surface area contributed by atoms with Gasteiger partial charge in [-0.25, -0.2) is 9.37 Å². The van der Waals surface area contributed by atoms with Gasteiger partial charge in [0.05, 0.1) is 18.1 Å². The Kier molecular flexibility index (Phi) is 3.58. The fraction of sp³-hybridized carbons (Fsp3) is 0.188. The number of aliphatic hydroxyl groups excluding tert-OH is 1. The van der Waals surface area contributed by atoms with Gasteiger partial charge in [-0.1, -0.05) is 18.2 Å². The standard InChI is InChI=1S/C16H15FN2O2/c1-21-15-7-6-11(8-12(15)17)9-19-14-5-3-2-4-13(14)18-16(19)10-20/h2-8,20H,9-10H2,1H3. The molecule has 1 aromatic heterocycles. The molecule has 108 valence electrons. The number of rotatable bonds is 4. The molecule has 5 heteroatoms. The highest BCUT2D eigenvalue weighted by molar-refractivity contribution is 5.76. The minimum Gasteiger partial charge on any atom is -0.494 e. The average molecular weight is 286 g/mol. The fourth-order valence-electron chi connectivity index (χ4n) is 2.41. The maximum atomic E-state index is 13.8. The average Bonchev–Trinajstić information content (AvgIpc) is 2.86. The topological polar surface area (TPSA) is 47.3 Å². The monoisotopic (exact) mass is 286 g/mol. The van der Waals surface area contributed by atoms with Gasteiger partial charge in [0.25, 0.3) is 0 Å². The molecule has 0 bridgehead atoms. The van der Waals surface area contributed by atoms with Crippen molar-refractivity contribution in [3.8, 4) is 5.75 Å². The molecule has 0 aliphatic rings. The zero-order valence-electron chi connectivity index (χ0n) is 11.6. The van der Waals surface area contributed by atoms with Gasteiger partial charge in [0.15, 0.2) is 11.6 Å². The van der Waals surface area contributed by atoms with Gasteiger partial charge in [-0.3, -0.25) is 0 Å². The highest BCUT2D eigenvalue weighted by atomic mass is 19.1. The van der Waals surface area contributed by atoms with Gasteiger partial charge in [-0.05, 0) is 29.8 Å². The minimum atomic E-state index is -0.398. The maximum Gasteiger partial charge on any atom is 0.165 e. The van der Waals surface area contributed by atoms with Crippen molar-refractivity contribution in [3.63, 3.8) is 0 Å².